The molecule has 2 aliphatic rings. The molecule has 0 spiro atoms. The fourth-order valence-electron chi connectivity index (χ4n) is 6.04. The van der Waals surface area contributed by atoms with Crippen LogP contribution in [0.25, 0.3) is 0 Å². The second-order valence-electron chi connectivity index (χ2n) is 11.7. The topological polar surface area (TPSA) is 52.7 Å². The first-order chi connectivity index (χ1) is 17.8. The maximum Gasteiger partial charge on any atom is 0.227 e. The van der Waals surface area contributed by atoms with Crippen molar-refractivity contribution in [1.82, 2.24) is 15.1 Å². The van der Waals surface area contributed by atoms with E-state index in [1.165, 1.54) is 31.2 Å². The first kappa shape index (κ1) is 28.1. The van der Waals surface area contributed by atoms with Crippen LogP contribution in [-0.2, 0) is 9.59 Å². The minimum Gasteiger partial charge on any atom is -0.350 e. The van der Waals surface area contributed by atoms with E-state index < -0.39 is 17.6 Å². The van der Waals surface area contributed by atoms with Crippen molar-refractivity contribution >= 4 is 11.8 Å². The van der Waals surface area contributed by atoms with Gasteiger partial charge in [0.15, 0.2) is 0 Å². The van der Waals surface area contributed by atoms with Crippen molar-refractivity contribution in [2.24, 2.45) is 5.92 Å². The van der Waals surface area contributed by atoms with Crippen molar-refractivity contribution in [2.45, 2.75) is 70.9 Å². The van der Waals surface area contributed by atoms with Crippen LogP contribution in [0.4, 0.5) is 13.2 Å². The molecule has 0 aliphatic carbocycles. The lowest BCUT2D eigenvalue weighted by Gasteiger charge is -2.36. The maximum atomic E-state index is 14.8. The average Bonchev–Trinajstić information content (AvgIpc) is 3.29. The van der Waals surface area contributed by atoms with Crippen LogP contribution in [0.5, 0.6) is 0 Å². The van der Waals surface area contributed by atoms with E-state index in [9.17, 15) is 22.8 Å². The van der Waals surface area contributed by atoms with Crippen molar-refractivity contribution in [2.75, 3.05) is 26.2 Å². The molecule has 0 aromatic heterocycles. The molecule has 2 saturated heterocycles. The van der Waals surface area contributed by atoms with Crippen LogP contribution in [0.3, 0.4) is 0 Å². The molecule has 5 nitrogen and oxygen atoms in total. The molecule has 8 heteroatoms. The predicted molar refractivity (Wildman–Crippen MR) is 141 cm³/mol. The number of carbonyl (C=O) groups is 2. The highest BCUT2D eigenvalue weighted by atomic mass is 19.1. The molecule has 2 aliphatic heterocycles. The van der Waals surface area contributed by atoms with Gasteiger partial charge in [-0.25, -0.2) is 13.2 Å². The molecule has 0 saturated carbocycles. The van der Waals surface area contributed by atoms with E-state index in [1.807, 2.05) is 11.8 Å². The summed E-state index contributed by atoms with van der Waals surface area (Å²) in [4.78, 5) is 29.5. The molecule has 2 aromatic rings. The number of nitrogens with zero attached hydrogens (tertiary/aromatic N) is 2. The standard InChI is InChI=1S/C30H38F3N3O2/c1-18(34-19(2)37)25-14-21(31)6-8-23(25)20-10-12-35(13-11-20)29(38)27-17-36(30(3,4)5)16-26(27)24-9-7-22(32)15-28(24)33/h6-9,14-15,18,20,26-27H,10-13,16-17H2,1-5H3,(H,34,37)/t18-,26-,27+/m0/s1. The summed E-state index contributed by atoms with van der Waals surface area (Å²) in [5.41, 5.74) is 1.94. The molecular formula is C30H38F3N3O2. The molecule has 3 atom stereocenters. The van der Waals surface area contributed by atoms with E-state index >= 15 is 0 Å². The number of carbonyl (C=O) groups excluding carboxylic acids is 2. The zero-order valence-electron chi connectivity index (χ0n) is 22.9. The zero-order valence-corrected chi connectivity index (χ0v) is 22.9. The number of piperidine rings is 1. The largest absolute Gasteiger partial charge is 0.350 e. The second-order valence-corrected chi connectivity index (χ2v) is 11.7. The van der Waals surface area contributed by atoms with E-state index in [0.29, 0.717) is 44.6 Å². The summed E-state index contributed by atoms with van der Waals surface area (Å²) in [6, 6.07) is 8.01. The summed E-state index contributed by atoms with van der Waals surface area (Å²) in [5.74, 6) is -2.43. The number of hydrogen-bond donors (Lipinski definition) is 1. The Labute approximate surface area is 223 Å². The smallest absolute Gasteiger partial charge is 0.227 e. The molecule has 38 heavy (non-hydrogen) atoms. The molecular weight excluding hydrogens is 491 g/mol. The predicted octanol–water partition coefficient (Wildman–Crippen LogP) is 5.52. The fraction of sp³-hybridized carbons (Fsp3) is 0.533. The van der Waals surface area contributed by atoms with Gasteiger partial charge in [0.1, 0.15) is 17.5 Å². The SMILES string of the molecule is CC(=O)N[C@@H](C)c1cc(F)ccc1C1CCN(C(=O)[C@@H]2CN(C(C)(C)C)C[C@H]2c2ccc(F)cc2F)CC1. The van der Waals surface area contributed by atoms with Gasteiger partial charge in [-0.2, -0.15) is 0 Å². The second kappa shape index (κ2) is 11.1. The van der Waals surface area contributed by atoms with E-state index in [0.717, 1.165) is 17.2 Å². The molecule has 0 radical (unpaired) electrons. The van der Waals surface area contributed by atoms with Crippen LogP contribution >= 0.6 is 0 Å². The first-order valence-corrected chi connectivity index (χ1v) is 13.4. The molecule has 2 amide bonds. The molecule has 4 rings (SSSR count). The summed E-state index contributed by atoms with van der Waals surface area (Å²) in [7, 11) is 0. The van der Waals surface area contributed by atoms with Gasteiger partial charge in [-0.15, -0.1) is 0 Å². The minimum atomic E-state index is -0.630. The lowest BCUT2D eigenvalue weighted by molar-refractivity contribution is -0.136. The van der Waals surface area contributed by atoms with Crippen molar-refractivity contribution in [1.29, 1.82) is 0 Å². The third kappa shape index (κ3) is 6.06. The van der Waals surface area contributed by atoms with Crippen molar-refractivity contribution in [3.63, 3.8) is 0 Å². The summed E-state index contributed by atoms with van der Waals surface area (Å²) in [5, 5.41) is 2.85. The normalized spacial score (nSPS) is 21.9. The van der Waals surface area contributed by atoms with Gasteiger partial charge in [-0.05, 0) is 81.3 Å². The van der Waals surface area contributed by atoms with E-state index in [4.69, 9.17) is 0 Å². The Morgan fingerprint density at radius 1 is 0.947 bits per heavy atom. The zero-order chi connectivity index (χ0) is 27.8. The minimum absolute atomic E-state index is 0.00475. The van der Waals surface area contributed by atoms with Gasteiger partial charge >= 0.3 is 0 Å². The Kier molecular flexibility index (Phi) is 8.21. The number of halogens is 3. The molecule has 2 fully saturated rings. The summed E-state index contributed by atoms with van der Waals surface area (Å²) in [6.45, 7) is 11.6. The Bertz CT molecular complexity index is 1190. The average molecular weight is 530 g/mol. The van der Waals surface area contributed by atoms with Crippen LogP contribution in [0.2, 0.25) is 0 Å². The lowest BCUT2D eigenvalue weighted by atomic mass is 9.83. The first-order valence-electron chi connectivity index (χ1n) is 13.4. The third-order valence-electron chi connectivity index (χ3n) is 8.13. The number of benzene rings is 2. The molecule has 2 aromatic carbocycles. The summed E-state index contributed by atoms with van der Waals surface area (Å²) >= 11 is 0. The van der Waals surface area contributed by atoms with Crippen LogP contribution in [0.1, 0.15) is 82.0 Å². The maximum absolute atomic E-state index is 14.8. The summed E-state index contributed by atoms with van der Waals surface area (Å²) in [6.07, 6.45) is 1.42. The Hall–Kier alpha value is -2.87. The number of hydrogen-bond acceptors (Lipinski definition) is 3. The highest BCUT2D eigenvalue weighted by Gasteiger charge is 2.44. The van der Waals surface area contributed by atoms with Crippen molar-refractivity contribution in [3.05, 3.63) is 70.5 Å². The Morgan fingerprint density at radius 3 is 2.13 bits per heavy atom. The third-order valence-corrected chi connectivity index (χ3v) is 8.13. The molecule has 206 valence electrons. The van der Waals surface area contributed by atoms with E-state index in [1.54, 1.807) is 6.07 Å². The lowest BCUT2D eigenvalue weighted by Crippen LogP contribution is -2.44. The summed E-state index contributed by atoms with van der Waals surface area (Å²) < 4.78 is 42.5. The van der Waals surface area contributed by atoms with Gasteiger partial charge in [0.2, 0.25) is 11.8 Å². The Morgan fingerprint density at radius 2 is 1.55 bits per heavy atom. The number of likely N-dealkylation sites (tertiary alicyclic amines) is 2. The van der Waals surface area contributed by atoms with Gasteiger partial charge in [0.05, 0.1) is 12.0 Å². The van der Waals surface area contributed by atoms with E-state index in [2.05, 4.69) is 31.0 Å². The molecule has 1 N–H and O–H groups in total. The molecule has 0 bridgehead atoms. The van der Waals surface area contributed by atoms with Crippen LogP contribution in [0.15, 0.2) is 36.4 Å². The number of rotatable bonds is 5. The van der Waals surface area contributed by atoms with Crippen molar-refractivity contribution < 1.29 is 22.8 Å². The van der Waals surface area contributed by atoms with Gasteiger partial charge < -0.3 is 10.2 Å². The fourth-order valence-corrected chi connectivity index (χ4v) is 6.04. The van der Waals surface area contributed by atoms with Crippen LogP contribution in [-0.4, -0.2) is 53.3 Å². The molecule has 0 unspecified atom stereocenters. The van der Waals surface area contributed by atoms with Gasteiger partial charge in [0.25, 0.3) is 0 Å². The monoisotopic (exact) mass is 529 g/mol. The van der Waals surface area contributed by atoms with Crippen LogP contribution in [0, 0.1) is 23.4 Å². The van der Waals surface area contributed by atoms with Crippen LogP contribution < -0.4 is 5.32 Å². The number of amides is 2. The van der Waals surface area contributed by atoms with Crippen molar-refractivity contribution in [3.8, 4) is 0 Å². The Balaban J connectivity index is 1.51. The van der Waals surface area contributed by atoms with Gasteiger partial charge in [0, 0.05) is 50.6 Å². The number of nitrogens with one attached hydrogen (secondary N) is 1. The van der Waals surface area contributed by atoms with Gasteiger partial charge in [-0.3, -0.25) is 14.5 Å². The highest BCUT2D eigenvalue weighted by Crippen LogP contribution is 2.40. The van der Waals surface area contributed by atoms with Gasteiger partial charge in [-0.1, -0.05) is 12.1 Å². The van der Waals surface area contributed by atoms with E-state index in [-0.39, 0.29) is 41.0 Å². The quantitative estimate of drug-likeness (QED) is 0.555. The molecule has 2 heterocycles. The highest BCUT2D eigenvalue weighted by molar-refractivity contribution is 5.81.